The highest BCUT2D eigenvalue weighted by Gasteiger charge is 2.45. The molecule has 0 saturated heterocycles. The largest absolute Gasteiger partial charge is 0.294 e. The quantitative estimate of drug-likeness (QED) is 0.142. The van der Waals surface area contributed by atoms with E-state index in [-0.39, 0.29) is 0 Å². The molecule has 660 valence electrons. The highest BCUT2D eigenvalue weighted by molar-refractivity contribution is 6.00. The van der Waals surface area contributed by atoms with Crippen molar-refractivity contribution in [3.05, 3.63) is 502 Å². The van der Waals surface area contributed by atoms with Crippen LogP contribution in [-0.4, -0.2) is 49.8 Å². The Morgan fingerprint density at radius 3 is 0.771 bits per heavy atom. The number of rotatable bonds is 0. The molecule has 0 unspecified atom stereocenters. The maximum absolute atomic E-state index is 4.78. The van der Waals surface area contributed by atoms with E-state index < -0.39 is 0 Å². The first-order valence-corrected chi connectivity index (χ1v) is 49.1. The lowest BCUT2D eigenvalue weighted by atomic mass is 9.83. The van der Waals surface area contributed by atoms with Crippen molar-refractivity contribution < 1.29 is 0 Å². The predicted octanol–water partition coefficient (Wildman–Crippen LogP) is 26.6. The number of fused-ring (bicyclic) bond motifs is 40. The Kier molecular flexibility index (Phi) is 16.8. The molecule has 140 heavy (non-hydrogen) atoms. The van der Waals surface area contributed by atoms with Crippen LogP contribution in [0.3, 0.4) is 0 Å². The van der Waals surface area contributed by atoms with Crippen molar-refractivity contribution in [2.45, 2.75) is 96.3 Å². The molecule has 0 amide bonds. The van der Waals surface area contributed by atoms with Crippen LogP contribution in [0.25, 0.3) is 55.6 Å². The Balaban J connectivity index is 0.0000000806. The second kappa shape index (κ2) is 30.1. The van der Waals surface area contributed by atoms with Crippen molar-refractivity contribution in [3.63, 3.8) is 0 Å². The summed E-state index contributed by atoms with van der Waals surface area (Å²) in [7, 11) is 0. The van der Waals surface area contributed by atoms with Gasteiger partial charge in [-0.05, 0) is 346 Å². The van der Waals surface area contributed by atoms with Gasteiger partial charge in [0.25, 0.3) is 0 Å². The van der Waals surface area contributed by atoms with Gasteiger partial charge in [0.1, 0.15) is 34.9 Å². The summed E-state index contributed by atoms with van der Waals surface area (Å²) in [6, 6.07) is 92.6. The lowest BCUT2D eigenvalue weighted by Crippen LogP contribution is -2.27. The molecule has 0 radical (unpaired) electrons. The molecule has 10 aromatic heterocycles. The Morgan fingerprint density at radius 2 is 0.400 bits per heavy atom. The van der Waals surface area contributed by atoms with Crippen LogP contribution >= 0.6 is 0 Å². The molecule has 0 N–H and O–H groups in total. The van der Waals surface area contributed by atoms with E-state index in [2.05, 4.69) is 258 Å². The summed E-state index contributed by atoms with van der Waals surface area (Å²) in [5.74, 6) is 6.30. The van der Waals surface area contributed by atoms with E-state index in [9.17, 15) is 0 Å². The first-order chi connectivity index (χ1) is 69.4. The van der Waals surface area contributed by atoms with Crippen LogP contribution < -0.4 is 24.5 Å². The van der Waals surface area contributed by atoms with Gasteiger partial charge in [-0.1, -0.05) is 158 Å². The summed E-state index contributed by atoms with van der Waals surface area (Å²) in [5, 5.41) is 0. The molecule has 10 aliphatic heterocycles. The number of aromatic nitrogens is 10. The average Bonchev–Trinajstić information content (AvgIpc) is 1.41. The van der Waals surface area contributed by atoms with Crippen LogP contribution in [0.2, 0.25) is 0 Å². The van der Waals surface area contributed by atoms with Crippen LogP contribution in [0.5, 0.6) is 0 Å². The van der Waals surface area contributed by atoms with Gasteiger partial charge < -0.3 is 0 Å². The second-order valence-electron chi connectivity index (χ2n) is 39.5. The van der Waals surface area contributed by atoms with E-state index in [0.717, 1.165) is 137 Å². The third-order valence-corrected chi connectivity index (χ3v) is 32.2. The Labute approximate surface area is 809 Å². The van der Waals surface area contributed by atoms with Crippen molar-refractivity contribution in [1.29, 1.82) is 0 Å². The molecule has 0 bridgehead atoms. The molecule has 15 nitrogen and oxygen atoms in total. The van der Waals surface area contributed by atoms with Crippen molar-refractivity contribution in [1.82, 2.24) is 49.8 Å². The SMILES string of the molecule is c1ccc2c(c1)Cc1c-2cc2c3c1Cc1cccnc1N3c1cnccc1C2.c1ccc2c(c1)Cc1c-2cc2c3c1Cc1cccnc1N3c1ncccc1C2.c1ccc2c(c1)Cc1c-2cc2c3c1Cc1ccncc1N3c1ncccc1C2.c1ccc2c(c1)Cc1c-2cc2c3c1Cc1cnccc1N3c1ncccc1C2.c1ccc2c(c1)Cc1c-2cc2c3c1Cc1ncccc1N3c1ncccc1C2. The van der Waals surface area contributed by atoms with E-state index >= 15 is 0 Å². The molecule has 20 heterocycles. The molecule has 35 rings (SSSR count). The van der Waals surface area contributed by atoms with Crippen molar-refractivity contribution in [2.24, 2.45) is 0 Å². The molecule has 15 heteroatoms. The van der Waals surface area contributed by atoms with Crippen LogP contribution in [0.15, 0.2) is 335 Å². The van der Waals surface area contributed by atoms with Gasteiger partial charge in [-0.2, -0.15) is 0 Å². The normalized spacial score (nSPS) is 14.6. The van der Waals surface area contributed by atoms with Crippen molar-refractivity contribution in [2.75, 3.05) is 24.5 Å². The molecular formula is C125H85N15. The fourth-order valence-electron chi connectivity index (χ4n) is 26.3. The molecule has 0 saturated carbocycles. The van der Waals surface area contributed by atoms with Gasteiger partial charge in [-0.3, -0.25) is 44.4 Å². The first kappa shape index (κ1) is 77.9. The highest BCUT2D eigenvalue weighted by atomic mass is 15.3. The summed E-state index contributed by atoms with van der Waals surface area (Å²) in [5.41, 5.74) is 67.3. The Morgan fingerprint density at radius 1 is 0.150 bits per heavy atom. The summed E-state index contributed by atoms with van der Waals surface area (Å²) < 4.78 is 0. The molecule has 0 spiro atoms. The van der Waals surface area contributed by atoms with E-state index in [1.807, 2.05) is 117 Å². The number of benzene rings is 10. The van der Waals surface area contributed by atoms with E-state index in [1.54, 1.807) is 0 Å². The number of anilines is 15. The molecule has 5 aliphatic carbocycles. The minimum atomic E-state index is 0.897. The van der Waals surface area contributed by atoms with Crippen LogP contribution in [0, 0.1) is 0 Å². The maximum atomic E-state index is 4.78. The van der Waals surface area contributed by atoms with Gasteiger partial charge in [-0.25, -0.2) is 29.9 Å². The van der Waals surface area contributed by atoms with E-state index in [1.165, 1.54) is 268 Å². The zero-order chi connectivity index (χ0) is 91.2. The number of pyridine rings is 10. The zero-order valence-corrected chi connectivity index (χ0v) is 76.6. The fraction of sp³-hybridized carbons (Fsp3) is 0.120. The minimum Gasteiger partial charge on any atom is -0.294 e. The molecule has 0 fully saturated rings. The third kappa shape index (κ3) is 11.5. The number of nitrogens with zero attached hydrogens (tertiary/aromatic N) is 15. The first-order valence-electron chi connectivity index (χ1n) is 49.1. The fourth-order valence-corrected chi connectivity index (χ4v) is 26.3. The Bertz CT molecular complexity index is 7660. The van der Waals surface area contributed by atoms with Crippen molar-refractivity contribution >= 4 is 86.1 Å². The molecular weight excluding hydrogens is 1710 g/mol. The van der Waals surface area contributed by atoms with Gasteiger partial charge >= 0.3 is 0 Å². The summed E-state index contributed by atoms with van der Waals surface area (Å²) >= 11 is 0. The van der Waals surface area contributed by atoms with Crippen LogP contribution in [0.1, 0.15) is 167 Å². The average molecular weight is 1800 g/mol. The van der Waals surface area contributed by atoms with Gasteiger partial charge in [0.15, 0.2) is 0 Å². The van der Waals surface area contributed by atoms with Gasteiger partial charge in [-0.15, -0.1) is 0 Å². The minimum absolute atomic E-state index is 0.897. The lowest BCUT2D eigenvalue weighted by Gasteiger charge is -2.39. The van der Waals surface area contributed by atoms with Gasteiger partial charge in [0, 0.05) is 132 Å². The molecule has 15 aliphatic rings. The summed E-state index contributed by atoms with van der Waals surface area (Å²) in [6.07, 6.45) is 39.5. The van der Waals surface area contributed by atoms with Crippen molar-refractivity contribution in [3.8, 4) is 55.6 Å². The Hall–Kier alpha value is -17.3. The predicted molar refractivity (Wildman–Crippen MR) is 553 cm³/mol. The number of hydrogen-bond acceptors (Lipinski definition) is 15. The zero-order valence-electron chi connectivity index (χ0n) is 76.6. The monoisotopic (exact) mass is 1800 g/mol. The summed E-state index contributed by atoms with van der Waals surface area (Å²) in [6.45, 7) is 0. The molecule has 10 aromatic carbocycles. The molecule has 20 aromatic rings. The lowest BCUT2D eigenvalue weighted by molar-refractivity contribution is 0.939. The van der Waals surface area contributed by atoms with Gasteiger partial charge in [0.2, 0.25) is 0 Å². The standard InChI is InChI=1S/5C25H17N3/c1-2-8-19-15(5-1)12-21-20(19)14-18-11-16-6-3-9-26-24(16)28-23(18)22(21)13-17-7-4-10-27-25(17)28;1-2-7-18-15(5-1)12-20-19(18)13-17-11-16-6-3-10-27-25(16)28-23-8-4-9-26-22(23)14-21(20)24(17)28;1-2-6-19-15(4-1)11-21-20(19)13-18-10-17-5-3-8-27-25(17)28-23-14-26-9-7-16(23)12-22(21)24(18)28;1-2-6-19-15(4-1)11-21-20(19)13-18-10-16-7-9-26-14-23(16)28-24(18)22(21)12-17-5-3-8-27-25(17)28;1-2-6-19-15(4-1)11-21-20(19)12-17-10-16-5-3-8-27-25(16)28-23-7-9-26-14-18(23)13-22(21)24(17)28/h1-10,14H,11-13H2;1-10,13H,11-12,14H2;2*1-9,13-14H,10-12H2;1-9,12,14H,10-11,13H2. The maximum Gasteiger partial charge on any atom is 0.142 e. The second-order valence-corrected chi connectivity index (χ2v) is 39.5. The van der Waals surface area contributed by atoms with Crippen LogP contribution in [-0.2, 0) is 96.3 Å². The van der Waals surface area contributed by atoms with Gasteiger partial charge in [0.05, 0.1) is 69.3 Å². The third-order valence-electron chi connectivity index (χ3n) is 32.2. The van der Waals surface area contributed by atoms with E-state index in [4.69, 9.17) is 34.9 Å². The topological polar surface area (TPSA) is 145 Å². The highest BCUT2D eigenvalue weighted by Crippen LogP contribution is 2.62. The summed E-state index contributed by atoms with van der Waals surface area (Å²) in [4.78, 5) is 58.4. The van der Waals surface area contributed by atoms with E-state index in [0.29, 0.717) is 0 Å². The smallest absolute Gasteiger partial charge is 0.142 e. The molecule has 0 atom stereocenters. The number of hydrogen-bond donors (Lipinski definition) is 0. The van der Waals surface area contributed by atoms with Crippen LogP contribution in [0.4, 0.5) is 86.1 Å².